The van der Waals surface area contributed by atoms with E-state index in [4.69, 9.17) is 0 Å². The van der Waals surface area contributed by atoms with Crippen LogP contribution in [0.5, 0.6) is 0 Å². The average molecular weight is 188 g/mol. The molecule has 3 heteroatoms. The van der Waals surface area contributed by atoms with Crippen LogP contribution in [0, 0.1) is 0 Å². The van der Waals surface area contributed by atoms with E-state index in [1.165, 1.54) is 0 Å². The highest BCUT2D eigenvalue weighted by atomic mass is 19.1. The summed E-state index contributed by atoms with van der Waals surface area (Å²) in [6.45, 7) is 7.37. The molecule has 1 saturated heterocycles. The molecule has 0 aromatic heterocycles. The van der Waals surface area contributed by atoms with Gasteiger partial charge in [-0.05, 0) is 27.3 Å². The van der Waals surface area contributed by atoms with Gasteiger partial charge in [-0.3, -0.25) is 9.29 Å². The summed E-state index contributed by atoms with van der Waals surface area (Å²) in [4.78, 5) is 4.76. The molecule has 2 nitrogen and oxygen atoms in total. The van der Waals surface area contributed by atoms with E-state index in [1.807, 2.05) is 0 Å². The maximum absolute atomic E-state index is 12.0. The molecule has 1 aliphatic heterocycles. The standard InChI is InChI=1S/C10H21FN2/c1-9-7-13(6-4-5-11)8-10(2)12(9)3/h9-10H,4-8H2,1-3H3. The van der Waals surface area contributed by atoms with Crippen molar-refractivity contribution in [1.29, 1.82) is 0 Å². The van der Waals surface area contributed by atoms with E-state index in [2.05, 4.69) is 30.7 Å². The molecule has 2 atom stereocenters. The summed E-state index contributed by atoms with van der Waals surface area (Å²) in [5.74, 6) is 0. The third-order valence-electron chi connectivity index (χ3n) is 3.04. The van der Waals surface area contributed by atoms with Crippen molar-refractivity contribution in [3.05, 3.63) is 0 Å². The number of halogens is 1. The summed E-state index contributed by atoms with van der Waals surface area (Å²) >= 11 is 0. The molecule has 0 aromatic rings. The monoisotopic (exact) mass is 188 g/mol. The summed E-state index contributed by atoms with van der Waals surface area (Å²) in [5, 5.41) is 0. The molecule has 1 fully saturated rings. The largest absolute Gasteiger partial charge is 0.300 e. The van der Waals surface area contributed by atoms with Gasteiger partial charge in [0.2, 0.25) is 0 Å². The van der Waals surface area contributed by atoms with Crippen LogP contribution >= 0.6 is 0 Å². The Hall–Kier alpha value is -0.150. The van der Waals surface area contributed by atoms with Crippen molar-refractivity contribution >= 4 is 0 Å². The van der Waals surface area contributed by atoms with Gasteiger partial charge in [0.05, 0.1) is 6.67 Å². The van der Waals surface area contributed by atoms with Crippen molar-refractivity contribution in [1.82, 2.24) is 9.80 Å². The van der Waals surface area contributed by atoms with Crippen LogP contribution in [0.1, 0.15) is 20.3 Å². The molecule has 1 heterocycles. The Labute approximate surface area is 80.7 Å². The van der Waals surface area contributed by atoms with E-state index in [9.17, 15) is 4.39 Å². The first-order valence-corrected chi connectivity index (χ1v) is 5.15. The zero-order valence-electron chi connectivity index (χ0n) is 8.96. The lowest BCUT2D eigenvalue weighted by molar-refractivity contribution is 0.0584. The second kappa shape index (κ2) is 4.91. The van der Waals surface area contributed by atoms with Gasteiger partial charge in [-0.15, -0.1) is 0 Å². The molecule has 0 N–H and O–H groups in total. The fraction of sp³-hybridized carbons (Fsp3) is 1.00. The Kier molecular flexibility index (Phi) is 4.13. The molecule has 1 aliphatic rings. The van der Waals surface area contributed by atoms with Crippen LogP contribution in [-0.4, -0.2) is 55.2 Å². The lowest BCUT2D eigenvalue weighted by atomic mass is 10.1. The summed E-state index contributed by atoms with van der Waals surface area (Å²) < 4.78 is 12.0. The van der Waals surface area contributed by atoms with Crippen molar-refractivity contribution in [3.63, 3.8) is 0 Å². The van der Waals surface area contributed by atoms with Gasteiger partial charge in [0.15, 0.2) is 0 Å². The molecule has 2 unspecified atom stereocenters. The van der Waals surface area contributed by atoms with Crippen molar-refractivity contribution in [2.75, 3.05) is 33.4 Å². The van der Waals surface area contributed by atoms with Gasteiger partial charge in [-0.25, -0.2) is 0 Å². The fourth-order valence-corrected chi connectivity index (χ4v) is 1.98. The summed E-state index contributed by atoms with van der Waals surface area (Å²) in [7, 11) is 2.17. The zero-order valence-corrected chi connectivity index (χ0v) is 8.96. The van der Waals surface area contributed by atoms with E-state index >= 15 is 0 Å². The van der Waals surface area contributed by atoms with Crippen molar-refractivity contribution in [2.45, 2.75) is 32.4 Å². The average Bonchev–Trinajstić information content (AvgIpc) is 2.10. The molecule has 1 rings (SSSR count). The lowest BCUT2D eigenvalue weighted by Crippen LogP contribution is -2.54. The molecular formula is C10H21FN2. The first kappa shape index (κ1) is 10.9. The highest BCUT2D eigenvalue weighted by molar-refractivity contribution is 4.82. The lowest BCUT2D eigenvalue weighted by Gasteiger charge is -2.42. The van der Waals surface area contributed by atoms with Crippen molar-refractivity contribution in [2.24, 2.45) is 0 Å². The Balaban J connectivity index is 2.35. The quantitative estimate of drug-likeness (QED) is 0.660. The van der Waals surface area contributed by atoms with Gasteiger partial charge in [0, 0.05) is 31.7 Å². The first-order chi connectivity index (χ1) is 6.15. The minimum Gasteiger partial charge on any atom is -0.300 e. The van der Waals surface area contributed by atoms with Crippen LogP contribution in [0.4, 0.5) is 4.39 Å². The Morgan fingerprint density at radius 2 is 1.77 bits per heavy atom. The Bertz CT molecular complexity index is 140. The number of piperazine rings is 1. The van der Waals surface area contributed by atoms with Crippen molar-refractivity contribution in [3.8, 4) is 0 Å². The minimum absolute atomic E-state index is 0.185. The number of hydrogen-bond acceptors (Lipinski definition) is 2. The zero-order chi connectivity index (χ0) is 9.84. The van der Waals surface area contributed by atoms with Crippen LogP contribution in [0.25, 0.3) is 0 Å². The van der Waals surface area contributed by atoms with Crippen LogP contribution in [0.3, 0.4) is 0 Å². The Morgan fingerprint density at radius 1 is 1.23 bits per heavy atom. The first-order valence-electron chi connectivity index (χ1n) is 5.15. The van der Waals surface area contributed by atoms with Crippen LogP contribution in [0.2, 0.25) is 0 Å². The van der Waals surface area contributed by atoms with E-state index in [-0.39, 0.29) is 6.67 Å². The molecule has 0 aliphatic carbocycles. The highest BCUT2D eigenvalue weighted by Gasteiger charge is 2.25. The molecule has 0 bridgehead atoms. The smallest absolute Gasteiger partial charge is 0.0906 e. The SMILES string of the molecule is CC1CN(CCCF)CC(C)N1C. The van der Waals surface area contributed by atoms with Gasteiger partial charge < -0.3 is 4.90 Å². The van der Waals surface area contributed by atoms with Crippen LogP contribution in [-0.2, 0) is 0 Å². The number of hydrogen-bond donors (Lipinski definition) is 0. The van der Waals surface area contributed by atoms with E-state index in [1.54, 1.807) is 0 Å². The summed E-state index contributed by atoms with van der Waals surface area (Å²) in [5.41, 5.74) is 0. The topological polar surface area (TPSA) is 6.48 Å². The third-order valence-corrected chi connectivity index (χ3v) is 3.04. The van der Waals surface area contributed by atoms with Crippen molar-refractivity contribution < 1.29 is 4.39 Å². The predicted molar refractivity (Wildman–Crippen MR) is 53.7 cm³/mol. The van der Waals surface area contributed by atoms with Gasteiger partial charge >= 0.3 is 0 Å². The van der Waals surface area contributed by atoms with Crippen LogP contribution in [0.15, 0.2) is 0 Å². The van der Waals surface area contributed by atoms with Gasteiger partial charge in [-0.2, -0.15) is 0 Å². The van der Waals surface area contributed by atoms with Gasteiger partial charge in [-0.1, -0.05) is 0 Å². The van der Waals surface area contributed by atoms with Gasteiger partial charge in [0.25, 0.3) is 0 Å². The maximum Gasteiger partial charge on any atom is 0.0906 e. The van der Waals surface area contributed by atoms with Gasteiger partial charge in [0.1, 0.15) is 0 Å². The molecule has 0 saturated carbocycles. The number of likely N-dealkylation sites (N-methyl/N-ethyl adjacent to an activating group) is 1. The van der Waals surface area contributed by atoms with Crippen LogP contribution < -0.4 is 0 Å². The number of rotatable bonds is 3. The number of nitrogens with zero attached hydrogens (tertiary/aromatic N) is 2. The fourth-order valence-electron chi connectivity index (χ4n) is 1.98. The van der Waals surface area contributed by atoms with E-state index in [0.717, 1.165) is 19.6 Å². The summed E-state index contributed by atoms with van der Waals surface area (Å²) in [6, 6.07) is 1.20. The predicted octanol–water partition coefficient (Wildman–Crippen LogP) is 1.37. The molecule has 0 amide bonds. The number of alkyl halides is 1. The highest BCUT2D eigenvalue weighted by Crippen LogP contribution is 2.13. The second-order valence-electron chi connectivity index (χ2n) is 4.17. The summed E-state index contributed by atoms with van der Waals surface area (Å²) in [6.07, 6.45) is 0.684. The normalized spacial score (nSPS) is 32.3. The molecule has 0 aromatic carbocycles. The minimum atomic E-state index is -0.185. The molecule has 0 spiro atoms. The third kappa shape index (κ3) is 2.92. The Morgan fingerprint density at radius 3 is 2.23 bits per heavy atom. The molecule has 13 heavy (non-hydrogen) atoms. The second-order valence-corrected chi connectivity index (χ2v) is 4.17. The van der Waals surface area contributed by atoms with E-state index in [0.29, 0.717) is 18.5 Å². The van der Waals surface area contributed by atoms with E-state index < -0.39 is 0 Å². The molecular weight excluding hydrogens is 167 g/mol. The molecule has 0 radical (unpaired) electrons. The maximum atomic E-state index is 12.0. The molecule has 78 valence electrons.